The molecule has 116 valence electrons. The third-order valence-electron chi connectivity index (χ3n) is 3.00. The molecule has 22 heavy (non-hydrogen) atoms. The van der Waals surface area contributed by atoms with E-state index >= 15 is 0 Å². The van der Waals surface area contributed by atoms with Crippen molar-refractivity contribution in [3.63, 3.8) is 0 Å². The summed E-state index contributed by atoms with van der Waals surface area (Å²) in [5, 5.41) is 0. The second kappa shape index (κ2) is 6.95. The van der Waals surface area contributed by atoms with Gasteiger partial charge in [0.2, 0.25) is 0 Å². The van der Waals surface area contributed by atoms with Gasteiger partial charge < -0.3 is 14.3 Å². The van der Waals surface area contributed by atoms with Crippen LogP contribution in [0.5, 0.6) is 5.75 Å². The van der Waals surface area contributed by atoms with Gasteiger partial charge in [0.1, 0.15) is 29.7 Å². The predicted molar refractivity (Wildman–Crippen MR) is 87.9 cm³/mol. The number of nitrogens with zero attached hydrogens (tertiary/aromatic N) is 3. The van der Waals surface area contributed by atoms with Crippen LogP contribution in [0.3, 0.4) is 0 Å². The van der Waals surface area contributed by atoms with Crippen molar-refractivity contribution in [2.24, 2.45) is 0 Å². The van der Waals surface area contributed by atoms with E-state index in [-0.39, 0.29) is 12.4 Å². The van der Waals surface area contributed by atoms with Gasteiger partial charge in [-0.25, -0.2) is 15.0 Å². The summed E-state index contributed by atoms with van der Waals surface area (Å²) in [6, 6.07) is 5.45. The van der Waals surface area contributed by atoms with Gasteiger partial charge in [-0.15, -0.1) is 12.4 Å². The number of ether oxygens (including phenoxy) is 1. The Bertz CT molecular complexity index is 745. The molecule has 0 saturated heterocycles. The molecule has 1 N–H and O–H groups in total. The molecule has 8 heteroatoms. The molecule has 0 bridgehead atoms. The number of rotatable bonds is 4. The standard InChI is InChI=1S/C14H14N4O2S.ClH/c1-3-20-12-6-9(21(2)19)4-5-10(12)13-17-11-7-15-8-16-14(11)18-13;/h4-8H,3H2,1-2H3,(H,15,16,17,18);1H. The molecule has 0 aliphatic carbocycles. The summed E-state index contributed by atoms with van der Waals surface area (Å²) in [6.07, 6.45) is 4.76. The van der Waals surface area contributed by atoms with E-state index in [1.165, 1.54) is 6.33 Å². The number of halogens is 1. The van der Waals surface area contributed by atoms with E-state index in [1.807, 2.05) is 19.1 Å². The highest BCUT2D eigenvalue weighted by molar-refractivity contribution is 7.90. The molecule has 0 aliphatic rings. The average Bonchev–Trinajstić information content (AvgIpc) is 2.91. The third-order valence-corrected chi connectivity index (χ3v) is 3.92. The number of nitrogens with one attached hydrogen (secondary N) is 1. The minimum Gasteiger partial charge on any atom is -0.612 e. The van der Waals surface area contributed by atoms with Crippen molar-refractivity contribution < 1.29 is 9.29 Å². The van der Waals surface area contributed by atoms with Gasteiger partial charge in [-0.3, -0.25) is 0 Å². The Kier molecular flexibility index (Phi) is 5.23. The van der Waals surface area contributed by atoms with Gasteiger partial charge in [0, 0.05) is 6.07 Å². The normalized spacial score (nSPS) is 12.0. The fourth-order valence-electron chi connectivity index (χ4n) is 2.04. The molecule has 1 aromatic carbocycles. The average molecular weight is 339 g/mol. The molecular weight excluding hydrogens is 324 g/mol. The topological polar surface area (TPSA) is 86.8 Å². The number of hydrogen-bond donors (Lipinski definition) is 1. The zero-order valence-corrected chi connectivity index (χ0v) is 13.7. The molecule has 0 saturated carbocycles. The first-order valence-electron chi connectivity index (χ1n) is 6.45. The molecule has 0 aliphatic heterocycles. The van der Waals surface area contributed by atoms with Crippen LogP contribution in [0.25, 0.3) is 22.6 Å². The van der Waals surface area contributed by atoms with Crippen LogP contribution in [0.1, 0.15) is 6.92 Å². The van der Waals surface area contributed by atoms with Crippen molar-refractivity contribution in [2.75, 3.05) is 12.9 Å². The SMILES string of the molecule is CCOc1cc([S+](C)[O-])ccc1-c1nc2cncnc2[nH]1.Cl. The molecule has 2 heterocycles. The second-order valence-corrected chi connectivity index (χ2v) is 5.77. The Balaban J connectivity index is 0.00000176. The Morgan fingerprint density at radius 3 is 2.86 bits per heavy atom. The molecule has 0 amide bonds. The van der Waals surface area contributed by atoms with Crippen molar-refractivity contribution in [1.82, 2.24) is 19.9 Å². The lowest BCUT2D eigenvalue weighted by Gasteiger charge is -2.11. The van der Waals surface area contributed by atoms with E-state index in [4.69, 9.17) is 4.74 Å². The van der Waals surface area contributed by atoms with Crippen LogP contribution in [-0.2, 0) is 11.2 Å². The molecule has 2 aromatic heterocycles. The Morgan fingerprint density at radius 1 is 1.36 bits per heavy atom. The Labute approximate surface area is 136 Å². The van der Waals surface area contributed by atoms with Crippen molar-refractivity contribution in [1.29, 1.82) is 0 Å². The van der Waals surface area contributed by atoms with Gasteiger partial charge in [0.15, 0.2) is 10.5 Å². The minimum absolute atomic E-state index is 0. The lowest BCUT2D eigenvalue weighted by molar-refractivity contribution is 0.340. The van der Waals surface area contributed by atoms with Crippen LogP contribution in [0.2, 0.25) is 0 Å². The molecular formula is C14H15ClN4O2S. The summed E-state index contributed by atoms with van der Waals surface area (Å²) in [5.41, 5.74) is 2.17. The van der Waals surface area contributed by atoms with Crippen LogP contribution in [0.4, 0.5) is 0 Å². The summed E-state index contributed by atoms with van der Waals surface area (Å²) < 4.78 is 17.3. The van der Waals surface area contributed by atoms with Gasteiger partial charge in [-0.05, 0) is 30.2 Å². The van der Waals surface area contributed by atoms with Gasteiger partial charge >= 0.3 is 0 Å². The van der Waals surface area contributed by atoms with Crippen LogP contribution in [0.15, 0.2) is 35.6 Å². The zero-order chi connectivity index (χ0) is 14.8. The molecule has 0 radical (unpaired) electrons. The van der Waals surface area contributed by atoms with Crippen molar-refractivity contribution in [3.8, 4) is 17.1 Å². The maximum absolute atomic E-state index is 11.6. The molecule has 3 rings (SSSR count). The largest absolute Gasteiger partial charge is 0.612 e. The van der Waals surface area contributed by atoms with Gasteiger partial charge in [-0.2, -0.15) is 0 Å². The summed E-state index contributed by atoms with van der Waals surface area (Å²) in [6.45, 7) is 2.43. The smallest absolute Gasteiger partial charge is 0.161 e. The quantitative estimate of drug-likeness (QED) is 0.739. The molecule has 1 unspecified atom stereocenters. The summed E-state index contributed by atoms with van der Waals surface area (Å²) in [4.78, 5) is 16.4. The van der Waals surface area contributed by atoms with E-state index in [9.17, 15) is 4.55 Å². The summed E-state index contributed by atoms with van der Waals surface area (Å²) in [5.74, 6) is 1.31. The summed E-state index contributed by atoms with van der Waals surface area (Å²) >= 11 is -1.06. The maximum atomic E-state index is 11.6. The van der Waals surface area contributed by atoms with Crippen LogP contribution >= 0.6 is 12.4 Å². The Morgan fingerprint density at radius 2 is 2.18 bits per heavy atom. The second-order valence-electron chi connectivity index (χ2n) is 4.39. The zero-order valence-electron chi connectivity index (χ0n) is 12.1. The van der Waals surface area contributed by atoms with E-state index in [0.717, 1.165) is 10.5 Å². The third kappa shape index (κ3) is 3.16. The first kappa shape index (κ1) is 16.5. The number of aromatic nitrogens is 4. The van der Waals surface area contributed by atoms with E-state index in [1.54, 1.807) is 18.5 Å². The van der Waals surface area contributed by atoms with E-state index < -0.39 is 11.2 Å². The minimum atomic E-state index is -1.06. The number of hydrogen-bond acceptors (Lipinski definition) is 5. The molecule has 3 aromatic rings. The van der Waals surface area contributed by atoms with Crippen LogP contribution in [0, 0.1) is 0 Å². The van der Waals surface area contributed by atoms with E-state index in [2.05, 4.69) is 19.9 Å². The van der Waals surface area contributed by atoms with Crippen molar-refractivity contribution in [3.05, 3.63) is 30.7 Å². The fraction of sp³-hybridized carbons (Fsp3) is 0.214. The molecule has 1 atom stereocenters. The highest BCUT2D eigenvalue weighted by Crippen LogP contribution is 2.31. The monoisotopic (exact) mass is 338 g/mol. The van der Waals surface area contributed by atoms with Crippen molar-refractivity contribution in [2.45, 2.75) is 11.8 Å². The number of fused-ring (bicyclic) bond motifs is 1. The fourth-order valence-corrected chi connectivity index (χ4v) is 2.57. The Hall–Kier alpha value is -1.83. The first-order chi connectivity index (χ1) is 10.2. The number of imidazole rings is 1. The summed E-state index contributed by atoms with van der Waals surface area (Å²) in [7, 11) is 0. The maximum Gasteiger partial charge on any atom is 0.161 e. The highest BCUT2D eigenvalue weighted by Gasteiger charge is 2.15. The lowest BCUT2D eigenvalue weighted by atomic mass is 10.2. The van der Waals surface area contributed by atoms with Crippen LogP contribution < -0.4 is 4.74 Å². The predicted octanol–water partition coefficient (Wildman–Crippen LogP) is 2.58. The van der Waals surface area contributed by atoms with Crippen molar-refractivity contribution >= 4 is 34.7 Å². The molecule has 0 spiro atoms. The number of aromatic amines is 1. The van der Waals surface area contributed by atoms with Gasteiger partial charge in [-0.1, -0.05) is 0 Å². The molecule has 6 nitrogen and oxygen atoms in total. The number of benzene rings is 1. The highest BCUT2D eigenvalue weighted by atomic mass is 35.5. The van der Waals surface area contributed by atoms with Gasteiger partial charge in [0.25, 0.3) is 0 Å². The lowest BCUT2D eigenvalue weighted by Crippen LogP contribution is -2.00. The van der Waals surface area contributed by atoms with Crippen LogP contribution in [-0.4, -0.2) is 37.4 Å². The van der Waals surface area contributed by atoms with Gasteiger partial charge in [0.05, 0.1) is 18.4 Å². The number of H-pyrrole nitrogens is 1. The van der Waals surface area contributed by atoms with E-state index in [0.29, 0.717) is 29.3 Å². The molecule has 0 fully saturated rings. The first-order valence-corrected chi connectivity index (χ1v) is 8.01.